The molecule has 0 aromatic rings. The Kier molecular flexibility index (Phi) is 8.70. The van der Waals surface area contributed by atoms with Gasteiger partial charge in [-0.25, -0.2) is 0 Å². The molecule has 0 spiro atoms. The summed E-state index contributed by atoms with van der Waals surface area (Å²) in [7, 11) is 0. The lowest BCUT2D eigenvalue weighted by atomic mass is 9.88. The van der Waals surface area contributed by atoms with E-state index in [9.17, 15) is 29.4 Å². The van der Waals surface area contributed by atoms with Crippen LogP contribution < -0.4 is 10.6 Å². The van der Waals surface area contributed by atoms with Crippen LogP contribution >= 0.6 is 0 Å². The molecule has 3 atom stereocenters. The van der Waals surface area contributed by atoms with Gasteiger partial charge in [0.15, 0.2) is 11.9 Å². The predicted octanol–water partition coefficient (Wildman–Crippen LogP) is 2.68. The largest absolute Gasteiger partial charge is 0.510 e. The molecule has 2 amide bonds. The van der Waals surface area contributed by atoms with Crippen molar-refractivity contribution in [2.45, 2.75) is 62.8 Å². The van der Waals surface area contributed by atoms with Crippen molar-refractivity contribution in [1.29, 1.82) is 0 Å². The van der Waals surface area contributed by atoms with E-state index in [2.05, 4.69) is 16.7 Å². The van der Waals surface area contributed by atoms with Crippen molar-refractivity contribution >= 4 is 23.4 Å². The summed E-state index contributed by atoms with van der Waals surface area (Å²) in [6.07, 6.45) is 21.8. The lowest BCUT2D eigenvalue weighted by molar-refractivity contribution is -0.121. The Morgan fingerprint density at radius 3 is 2.32 bits per heavy atom. The number of amides is 2. The molecule has 4 rings (SSSR count). The minimum absolute atomic E-state index is 0.0265. The number of Topliss-reactive ketones (excluding diaryl/α,β-unsaturated/α-hetero) is 2. The highest BCUT2D eigenvalue weighted by Crippen LogP contribution is 2.40. The SMILES string of the molecule is O=C(/C=C/C=C/C1CCCCC1)NC1=C[C@@](O)(/C=C/C=C/C=C/C(=O)NC2=C(O)CCC2=O)[C@H]2O[C@H]2C1=O. The fraction of sp³-hybridized carbons (Fsp3) is 0.379. The van der Waals surface area contributed by atoms with Crippen LogP contribution in [0.3, 0.4) is 0 Å². The lowest BCUT2D eigenvalue weighted by Crippen LogP contribution is -2.42. The van der Waals surface area contributed by atoms with E-state index in [1.165, 1.54) is 74.6 Å². The molecule has 4 N–H and O–H groups in total. The highest BCUT2D eigenvalue weighted by atomic mass is 16.6. The van der Waals surface area contributed by atoms with Crippen molar-refractivity contribution in [2.24, 2.45) is 5.92 Å². The van der Waals surface area contributed by atoms with Gasteiger partial charge in [-0.05, 0) is 30.9 Å². The Morgan fingerprint density at radius 2 is 1.61 bits per heavy atom. The van der Waals surface area contributed by atoms with E-state index in [-0.39, 0.29) is 41.6 Å². The van der Waals surface area contributed by atoms with Crippen LogP contribution in [-0.2, 0) is 23.9 Å². The summed E-state index contributed by atoms with van der Waals surface area (Å²) in [5.41, 5.74) is -1.69. The monoisotopic (exact) mass is 520 g/mol. The van der Waals surface area contributed by atoms with Crippen LogP contribution in [-0.4, -0.2) is 51.4 Å². The molecule has 200 valence electrons. The number of nitrogens with one attached hydrogen (secondary N) is 2. The maximum Gasteiger partial charge on any atom is 0.248 e. The number of rotatable bonds is 9. The highest BCUT2D eigenvalue weighted by Gasteiger charge is 2.59. The number of aliphatic hydroxyl groups excluding tert-OH is 1. The van der Waals surface area contributed by atoms with E-state index in [1.54, 1.807) is 12.2 Å². The smallest absolute Gasteiger partial charge is 0.248 e. The molecule has 3 aliphatic carbocycles. The van der Waals surface area contributed by atoms with Gasteiger partial charge in [-0.15, -0.1) is 0 Å². The van der Waals surface area contributed by atoms with Gasteiger partial charge in [-0.1, -0.05) is 61.8 Å². The van der Waals surface area contributed by atoms with E-state index in [0.29, 0.717) is 5.92 Å². The van der Waals surface area contributed by atoms with Crippen molar-refractivity contribution in [3.05, 3.63) is 84.0 Å². The summed E-state index contributed by atoms with van der Waals surface area (Å²) in [5, 5.41) is 25.5. The molecule has 2 fully saturated rings. The average molecular weight is 521 g/mol. The zero-order valence-electron chi connectivity index (χ0n) is 21.0. The molecule has 0 bridgehead atoms. The summed E-state index contributed by atoms with van der Waals surface area (Å²) < 4.78 is 5.35. The van der Waals surface area contributed by atoms with Gasteiger partial charge < -0.3 is 25.6 Å². The van der Waals surface area contributed by atoms with E-state index in [4.69, 9.17) is 4.74 Å². The van der Waals surface area contributed by atoms with Crippen LogP contribution in [0.4, 0.5) is 0 Å². The van der Waals surface area contributed by atoms with Crippen LogP contribution in [0.15, 0.2) is 84.0 Å². The number of aliphatic hydroxyl groups is 2. The molecule has 0 aromatic heterocycles. The Bertz CT molecular complexity index is 1200. The van der Waals surface area contributed by atoms with Crippen LogP contribution in [0.2, 0.25) is 0 Å². The zero-order chi connectivity index (χ0) is 27.1. The molecular formula is C29H32N2O7. The van der Waals surface area contributed by atoms with Crippen LogP contribution in [0.1, 0.15) is 44.9 Å². The molecule has 1 aliphatic heterocycles. The van der Waals surface area contributed by atoms with Gasteiger partial charge in [0.2, 0.25) is 17.6 Å². The number of carbonyl (C=O) groups is 4. The minimum Gasteiger partial charge on any atom is -0.510 e. The van der Waals surface area contributed by atoms with Gasteiger partial charge in [0.1, 0.15) is 23.2 Å². The van der Waals surface area contributed by atoms with Gasteiger partial charge >= 0.3 is 0 Å². The zero-order valence-corrected chi connectivity index (χ0v) is 21.0. The fourth-order valence-electron chi connectivity index (χ4n) is 4.74. The maximum atomic E-state index is 12.5. The van der Waals surface area contributed by atoms with E-state index >= 15 is 0 Å². The normalized spacial score (nSPS) is 28.3. The van der Waals surface area contributed by atoms with Crippen molar-refractivity contribution in [3.63, 3.8) is 0 Å². The number of ketones is 2. The Morgan fingerprint density at radius 1 is 0.921 bits per heavy atom. The Labute approximate surface area is 221 Å². The minimum atomic E-state index is -1.59. The van der Waals surface area contributed by atoms with Gasteiger partial charge in [-0.3, -0.25) is 19.2 Å². The molecular weight excluding hydrogens is 488 g/mol. The number of hydrogen-bond donors (Lipinski definition) is 4. The van der Waals surface area contributed by atoms with Gasteiger partial charge in [0, 0.05) is 25.0 Å². The number of epoxide rings is 1. The third-order valence-corrected chi connectivity index (χ3v) is 6.85. The number of carbonyl (C=O) groups excluding carboxylic acids is 4. The van der Waals surface area contributed by atoms with Crippen LogP contribution in [0.5, 0.6) is 0 Å². The maximum absolute atomic E-state index is 12.5. The summed E-state index contributed by atoms with van der Waals surface area (Å²) >= 11 is 0. The fourth-order valence-corrected chi connectivity index (χ4v) is 4.74. The topological polar surface area (TPSA) is 145 Å². The van der Waals surface area contributed by atoms with Crippen molar-refractivity contribution in [1.82, 2.24) is 10.6 Å². The number of allylic oxidation sites excluding steroid dienone is 9. The Balaban J connectivity index is 1.30. The molecule has 0 aromatic carbocycles. The predicted molar refractivity (Wildman–Crippen MR) is 139 cm³/mol. The molecule has 1 heterocycles. The van der Waals surface area contributed by atoms with Crippen molar-refractivity contribution in [2.75, 3.05) is 0 Å². The molecule has 9 heteroatoms. The quantitative estimate of drug-likeness (QED) is 0.208. The van der Waals surface area contributed by atoms with E-state index < -0.39 is 29.6 Å². The Hall–Kier alpha value is -3.82. The second-order valence-corrected chi connectivity index (χ2v) is 9.76. The van der Waals surface area contributed by atoms with Crippen molar-refractivity contribution in [3.8, 4) is 0 Å². The number of ether oxygens (including phenoxy) is 1. The first-order valence-corrected chi connectivity index (χ1v) is 12.9. The van der Waals surface area contributed by atoms with Gasteiger partial charge in [0.05, 0.1) is 5.70 Å². The summed E-state index contributed by atoms with van der Waals surface area (Å²) in [6, 6.07) is 0. The van der Waals surface area contributed by atoms with Gasteiger partial charge in [-0.2, -0.15) is 0 Å². The molecule has 0 unspecified atom stereocenters. The summed E-state index contributed by atoms with van der Waals surface area (Å²) in [5.74, 6) is -1.32. The first-order chi connectivity index (χ1) is 18.3. The second-order valence-electron chi connectivity index (χ2n) is 9.76. The standard InChI is InChI=1S/C29H32N2O7/c32-21-15-16-22(33)25(21)31-24(35)13-6-1-2-9-17-29(37)18-20(26(36)27-28(29)38-27)30-23(34)14-8-7-12-19-10-4-3-5-11-19/h1-2,6-9,12-14,17-19,27-28,32,37H,3-5,10-11,15-16H2,(H,30,34)(H,31,35)/b2-1+,12-7+,13-6+,14-8+,17-9+/t27-,28-,29-/m0/s1. The van der Waals surface area contributed by atoms with Gasteiger partial charge in [0.25, 0.3) is 0 Å². The average Bonchev–Trinajstić information content (AvgIpc) is 3.66. The van der Waals surface area contributed by atoms with E-state index in [0.717, 1.165) is 0 Å². The van der Waals surface area contributed by atoms with E-state index in [1.807, 2.05) is 6.08 Å². The third-order valence-electron chi connectivity index (χ3n) is 6.85. The summed E-state index contributed by atoms with van der Waals surface area (Å²) in [4.78, 5) is 48.3. The van der Waals surface area contributed by atoms with Crippen LogP contribution in [0.25, 0.3) is 0 Å². The first kappa shape index (κ1) is 27.2. The molecule has 38 heavy (non-hydrogen) atoms. The molecule has 9 nitrogen and oxygen atoms in total. The number of hydrogen-bond acceptors (Lipinski definition) is 7. The molecule has 0 radical (unpaired) electrons. The number of fused-ring (bicyclic) bond motifs is 1. The van der Waals surface area contributed by atoms with Crippen molar-refractivity contribution < 1.29 is 34.1 Å². The second kappa shape index (κ2) is 12.1. The third kappa shape index (κ3) is 6.93. The lowest BCUT2D eigenvalue weighted by Gasteiger charge is -2.23. The molecule has 1 saturated carbocycles. The highest BCUT2D eigenvalue weighted by molar-refractivity contribution is 6.06. The molecule has 4 aliphatic rings. The summed E-state index contributed by atoms with van der Waals surface area (Å²) in [6.45, 7) is 0. The van der Waals surface area contributed by atoms with Crippen LogP contribution in [0, 0.1) is 5.92 Å². The molecule has 1 saturated heterocycles. The first-order valence-electron chi connectivity index (χ1n) is 12.9.